The van der Waals surface area contributed by atoms with Gasteiger partial charge in [-0.2, -0.15) is 0 Å². The SMILES string of the molecule is O=C1C=C(NNc2ccc3cc(S(=O)(=O)[O-])cc(S(=O)(=O)[O-])c3c2)C=C/C1=N/N=C1\C(=O)c2cc(NCCS(=O)(=O)[O-])ccc2C=C1S(=O)(=O)[O-].[Cu].[Na+].[Na+].[Na+].[Na+]. The van der Waals surface area contributed by atoms with Crippen LogP contribution >= 0.6 is 0 Å². The molecule has 3 aromatic carbocycles. The molecular weight excluding hydrogens is 914 g/mol. The number of carbonyl (C=O) groups is 2. The number of nitrogens with zero attached hydrogens (tertiary/aromatic N) is 2. The van der Waals surface area contributed by atoms with Gasteiger partial charge in [-0.05, 0) is 65.6 Å². The second-order valence-electron chi connectivity index (χ2n) is 10.5. The molecule has 0 saturated carbocycles. The number of nitrogens with one attached hydrogen (secondary N) is 3. The van der Waals surface area contributed by atoms with Gasteiger partial charge in [-0.1, -0.05) is 12.1 Å². The molecule has 2 aliphatic carbocycles. The Morgan fingerprint density at radius 2 is 1.30 bits per heavy atom. The van der Waals surface area contributed by atoms with E-state index < -0.39 is 83.9 Å². The molecule has 1 radical (unpaired) electrons. The van der Waals surface area contributed by atoms with Gasteiger partial charge in [-0.25, -0.2) is 33.7 Å². The summed E-state index contributed by atoms with van der Waals surface area (Å²) in [5, 5.41) is 9.63. The van der Waals surface area contributed by atoms with Crippen LogP contribution in [0, 0.1) is 0 Å². The number of rotatable bonds is 11. The van der Waals surface area contributed by atoms with Crippen LogP contribution in [0.3, 0.4) is 0 Å². The van der Waals surface area contributed by atoms with Gasteiger partial charge in [-0.15, -0.1) is 10.2 Å². The van der Waals surface area contributed by atoms with Crippen molar-refractivity contribution in [2.75, 3.05) is 23.0 Å². The minimum absolute atomic E-state index is 0. The van der Waals surface area contributed by atoms with E-state index in [1.165, 1.54) is 36.4 Å². The third-order valence-electron chi connectivity index (χ3n) is 7.00. The van der Waals surface area contributed by atoms with E-state index in [0.717, 1.165) is 30.4 Å². The van der Waals surface area contributed by atoms with Gasteiger partial charge in [0.1, 0.15) is 36.1 Å². The first-order chi connectivity index (χ1) is 23.6. The molecule has 0 aromatic heterocycles. The summed E-state index contributed by atoms with van der Waals surface area (Å²) in [5.41, 5.74) is 4.23. The van der Waals surface area contributed by atoms with Crippen LogP contribution in [-0.2, 0) is 62.3 Å². The van der Waals surface area contributed by atoms with Crippen molar-refractivity contribution >= 4 is 91.7 Å². The van der Waals surface area contributed by atoms with Gasteiger partial charge < -0.3 is 34.4 Å². The molecule has 0 saturated heterocycles. The topological polar surface area (TPSA) is 324 Å². The first-order valence-electron chi connectivity index (χ1n) is 13.8. The molecule has 5 rings (SSSR count). The van der Waals surface area contributed by atoms with Crippen LogP contribution in [0.5, 0.6) is 0 Å². The molecule has 2 aliphatic rings. The van der Waals surface area contributed by atoms with Crippen molar-refractivity contribution in [1.82, 2.24) is 5.43 Å². The number of carbonyl (C=O) groups excluding carboxylic acids is 2. The molecule has 0 fully saturated rings. The van der Waals surface area contributed by atoms with Gasteiger partial charge in [0.15, 0.2) is 5.71 Å². The molecule has 0 unspecified atom stereocenters. The summed E-state index contributed by atoms with van der Waals surface area (Å²) in [6, 6.07) is 8.92. The largest absolute Gasteiger partial charge is 1.00 e. The molecule has 0 spiro atoms. The van der Waals surface area contributed by atoms with Crippen LogP contribution in [0.1, 0.15) is 15.9 Å². The Kier molecular flexibility index (Phi) is 21.5. The molecule has 0 atom stereocenters. The fourth-order valence-electron chi connectivity index (χ4n) is 4.69. The number of hydrogen-bond acceptors (Lipinski definition) is 19. The molecule has 279 valence electrons. The van der Waals surface area contributed by atoms with Crippen molar-refractivity contribution in [3.05, 3.63) is 88.5 Å². The fourth-order valence-corrected chi connectivity index (χ4v) is 7.01. The maximum absolute atomic E-state index is 13.3. The fraction of sp³-hybridized carbons (Fsp3) is 0.0714. The second-order valence-corrected chi connectivity index (χ2v) is 16.1. The van der Waals surface area contributed by atoms with Gasteiger partial charge in [0, 0.05) is 46.3 Å². The zero-order valence-electron chi connectivity index (χ0n) is 29.4. The maximum atomic E-state index is 13.3. The van der Waals surface area contributed by atoms with E-state index in [-0.39, 0.29) is 181 Å². The van der Waals surface area contributed by atoms with Crippen molar-refractivity contribution in [1.29, 1.82) is 0 Å². The Morgan fingerprint density at radius 1 is 0.661 bits per heavy atom. The minimum Gasteiger partial charge on any atom is -0.748 e. The maximum Gasteiger partial charge on any atom is 1.00 e. The van der Waals surface area contributed by atoms with Gasteiger partial charge in [0.05, 0.1) is 42.0 Å². The number of Topliss-reactive ketones (excluding diaryl/α,β-unsaturated/α-hetero) is 1. The molecule has 19 nitrogen and oxygen atoms in total. The van der Waals surface area contributed by atoms with Crippen molar-refractivity contribution in [2.45, 2.75) is 9.79 Å². The van der Waals surface area contributed by atoms with E-state index in [1.807, 2.05) is 0 Å². The summed E-state index contributed by atoms with van der Waals surface area (Å²) in [6.07, 6.45) is 4.27. The zero-order chi connectivity index (χ0) is 37.5. The number of hydrazine groups is 1. The molecule has 0 aliphatic heterocycles. The molecule has 28 heteroatoms. The third-order valence-corrected chi connectivity index (χ3v) is 10.2. The van der Waals surface area contributed by atoms with E-state index in [4.69, 9.17) is 0 Å². The Hall–Kier alpha value is -0.621. The van der Waals surface area contributed by atoms with Gasteiger partial charge in [0.25, 0.3) is 0 Å². The standard InChI is InChI=1S/C28H23N5O14S4.Cu.4Na/c34-24-13-19(31-30-18-4-2-15-9-20(49(39,40)41)14-25(21(15)12-18)50(42,43)44)5-6-23(24)32-33-27-26(51(45,46)47)10-16-1-3-17(11-22(16)28(27)35)29-7-8-48(36,37)38;;;;;/h1-6,9-14,29-31H,7-8H2,(H,36,37,38)(H,39,40,41)(H,42,43,44)(H,45,46,47);;;;;/q;;4*+1/p-4/b32-23-,33-27-;;;;;. The third kappa shape index (κ3) is 14.2. The summed E-state index contributed by atoms with van der Waals surface area (Å²) in [7, 11) is -20.1. The predicted molar refractivity (Wildman–Crippen MR) is 175 cm³/mol. The molecule has 56 heavy (non-hydrogen) atoms. The Morgan fingerprint density at radius 3 is 1.88 bits per heavy atom. The van der Waals surface area contributed by atoms with Gasteiger partial charge in [0.2, 0.25) is 11.6 Å². The average Bonchev–Trinajstić information content (AvgIpc) is 3.01. The zero-order valence-corrected chi connectivity index (χ0v) is 41.6. The quantitative estimate of drug-likeness (QED) is 0.0696. The Labute approximate surface area is 419 Å². The number of ketones is 2. The number of allylic oxidation sites excluding steroid dienone is 4. The summed E-state index contributed by atoms with van der Waals surface area (Å²) >= 11 is 0. The van der Waals surface area contributed by atoms with Crippen molar-refractivity contribution < 1.29 is 197 Å². The van der Waals surface area contributed by atoms with Crippen molar-refractivity contribution in [2.24, 2.45) is 10.2 Å². The number of fused-ring (bicyclic) bond motifs is 2. The van der Waals surface area contributed by atoms with Crippen LogP contribution < -0.4 is 134 Å². The smallest absolute Gasteiger partial charge is 0.748 e. The minimum atomic E-state index is -5.29. The Bertz CT molecular complexity index is 2670. The first kappa shape index (κ1) is 55.4. The van der Waals surface area contributed by atoms with E-state index in [9.17, 15) is 61.5 Å². The van der Waals surface area contributed by atoms with Gasteiger partial charge in [-0.3, -0.25) is 9.59 Å². The van der Waals surface area contributed by atoms with Crippen LogP contribution in [0.2, 0.25) is 0 Å². The van der Waals surface area contributed by atoms with Crippen molar-refractivity contribution in [3.8, 4) is 0 Å². The number of benzene rings is 3. The molecular formula is C28H19CuN5Na4O14S4. The average molecular weight is 933 g/mol. The van der Waals surface area contributed by atoms with Crippen molar-refractivity contribution in [3.63, 3.8) is 0 Å². The van der Waals surface area contributed by atoms with E-state index >= 15 is 0 Å². The van der Waals surface area contributed by atoms with E-state index in [1.54, 1.807) is 0 Å². The Balaban J connectivity index is 0.00000605. The van der Waals surface area contributed by atoms with Crippen LogP contribution in [0.25, 0.3) is 16.8 Å². The van der Waals surface area contributed by atoms with Crippen LogP contribution in [-0.4, -0.2) is 87.2 Å². The normalized spacial score (nSPS) is 15.4. The molecule has 3 aromatic rings. The first-order valence-corrected chi connectivity index (χ1v) is 19.6. The number of hydrogen-bond donors (Lipinski definition) is 3. The summed E-state index contributed by atoms with van der Waals surface area (Å²) in [4.78, 5) is 23.1. The number of anilines is 2. The van der Waals surface area contributed by atoms with E-state index in [2.05, 4.69) is 26.4 Å². The molecule has 0 bridgehead atoms. The molecule has 0 amide bonds. The van der Waals surface area contributed by atoms with Crippen LogP contribution in [0.4, 0.5) is 11.4 Å². The summed E-state index contributed by atoms with van der Waals surface area (Å²) in [6.45, 7) is -0.300. The predicted octanol–water partition coefficient (Wildman–Crippen LogP) is -11.9. The summed E-state index contributed by atoms with van der Waals surface area (Å²) in [5.74, 6) is -2.63. The second kappa shape index (κ2) is 21.8. The molecule has 3 N–H and O–H groups in total. The van der Waals surface area contributed by atoms with Crippen LogP contribution in [0.15, 0.2) is 97.4 Å². The van der Waals surface area contributed by atoms with E-state index in [0.29, 0.717) is 6.07 Å². The molecule has 0 heterocycles. The van der Waals surface area contributed by atoms with Gasteiger partial charge >= 0.3 is 118 Å². The summed E-state index contributed by atoms with van der Waals surface area (Å²) < 4.78 is 138. The monoisotopic (exact) mass is 932 g/mol.